The minimum absolute atomic E-state index is 0.0524. The molecule has 0 spiro atoms. The van der Waals surface area contributed by atoms with E-state index in [2.05, 4.69) is 225 Å². The minimum Gasteiger partial charge on any atom is -0.455 e. The van der Waals surface area contributed by atoms with Gasteiger partial charge >= 0.3 is 0 Å². The Labute approximate surface area is 345 Å². The summed E-state index contributed by atoms with van der Waals surface area (Å²) >= 11 is 0. The maximum Gasteiger partial charge on any atom is 0.143 e. The van der Waals surface area contributed by atoms with Crippen LogP contribution in [0.15, 0.2) is 217 Å². The SMILES string of the molecule is CC1(C)c2ccccc2-c2ccc(-c3ccc(N(c4ccc(-c5ccccc5)cc4)c4ccc(-c5cccc6c5oc5ccccc56)c(-c5ccccc5)c4)cc3)cc21. The molecule has 1 aliphatic rings. The van der Waals surface area contributed by atoms with Gasteiger partial charge in [0, 0.05) is 38.8 Å². The number of hydrogen-bond donors (Lipinski definition) is 0. The van der Waals surface area contributed by atoms with Crippen LogP contribution in [0, 0.1) is 0 Å². The molecule has 0 amide bonds. The van der Waals surface area contributed by atoms with Crippen molar-refractivity contribution >= 4 is 39.0 Å². The summed E-state index contributed by atoms with van der Waals surface area (Å²) in [6.45, 7) is 4.69. The van der Waals surface area contributed by atoms with Gasteiger partial charge in [-0.05, 0) is 110 Å². The Bertz CT molecular complexity index is 3160. The molecule has 2 nitrogen and oxygen atoms in total. The first-order valence-electron chi connectivity index (χ1n) is 20.4. The highest BCUT2D eigenvalue weighted by Crippen LogP contribution is 2.50. The third kappa shape index (κ3) is 5.87. The van der Waals surface area contributed by atoms with Crippen LogP contribution >= 0.6 is 0 Å². The Morgan fingerprint density at radius 2 is 0.864 bits per heavy atom. The summed E-state index contributed by atoms with van der Waals surface area (Å²) in [5.74, 6) is 0. The zero-order chi connectivity index (χ0) is 39.5. The van der Waals surface area contributed by atoms with Gasteiger partial charge in [-0.1, -0.05) is 178 Å². The van der Waals surface area contributed by atoms with Crippen LogP contribution in [0.3, 0.4) is 0 Å². The monoisotopic (exact) mass is 755 g/mol. The highest BCUT2D eigenvalue weighted by Gasteiger charge is 2.35. The Hall–Kier alpha value is -7.42. The van der Waals surface area contributed by atoms with Gasteiger partial charge in [-0.15, -0.1) is 0 Å². The van der Waals surface area contributed by atoms with Gasteiger partial charge in [-0.25, -0.2) is 0 Å². The van der Waals surface area contributed by atoms with Crippen LogP contribution in [0.4, 0.5) is 17.1 Å². The zero-order valence-electron chi connectivity index (χ0n) is 33.1. The van der Waals surface area contributed by atoms with Crippen molar-refractivity contribution in [2.24, 2.45) is 0 Å². The molecule has 2 heteroatoms. The first-order valence-corrected chi connectivity index (χ1v) is 20.4. The lowest BCUT2D eigenvalue weighted by Crippen LogP contribution is -2.14. The predicted octanol–water partition coefficient (Wildman–Crippen LogP) is 16.0. The standard InChI is InChI=1S/C57H41NO/c1-57(2)53-22-11-9-18-47(53)48-34-28-42(36-54(48)57)40-26-31-44(32-27-40)58(43-29-24-39(25-30-43)38-14-5-3-6-15-38)45-33-35-46(52(37-45)41-16-7-4-8-17-41)50-20-13-21-51-49-19-10-12-23-55(49)59-56(50)51/h3-37H,1-2H3. The molecule has 1 aromatic heterocycles. The molecule has 0 radical (unpaired) electrons. The van der Waals surface area contributed by atoms with E-state index in [1.54, 1.807) is 0 Å². The number of hydrogen-bond acceptors (Lipinski definition) is 2. The van der Waals surface area contributed by atoms with Gasteiger partial charge in [-0.2, -0.15) is 0 Å². The Morgan fingerprint density at radius 1 is 0.339 bits per heavy atom. The van der Waals surface area contributed by atoms with E-state index in [0.717, 1.165) is 61.3 Å². The van der Waals surface area contributed by atoms with E-state index in [1.165, 1.54) is 44.5 Å². The quantitative estimate of drug-likeness (QED) is 0.161. The Balaban J connectivity index is 1.04. The van der Waals surface area contributed by atoms with Gasteiger partial charge < -0.3 is 9.32 Å². The molecule has 0 saturated carbocycles. The molecule has 280 valence electrons. The molecular weight excluding hydrogens is 715 g/mol. The number of benzene rings is 9. The molecule has 0 fully saturated rings. The Morgan fingerprint density at radius 3 is 1.61 bits per heavy atom. The topological polar surface area (TPSA) is 16.4 Å². The zero-order valence-corrected chi connectivity index (χ0v) is 33.1. The average molecular weight is 756 g/mol. The Kier molecular flexibility index (Phi) is 8.20. The van der Waals surface area contributed by atoms with Gasteiger partial charge in [-0.3, -0.25) is 0 Å². The summed E-state index contributed by atoms with van der Waals surface area (Å²) in [6.07, 6.45) is 0. The van der Waals surface area contributed by atoms with Gasteiger partial charge in [0.25, 0.3) is 0 Å². The van der Waals surface area contributed by atoms with Gasteiger partial charge in [0.1, 0.15) is 11.2 Å². The van der Waals surface area contributed by atoms with Crippen LogP contribution in [-0.4, -0.2) is 0 Å². The maximum absolute atomic E-state index is 6.58. The lowest BCUT2D eigenvalue weighted by molar-refractivity contribution is 0.660. The second-order valence-electron chi connectivity index (χ2n) is 16.1. The molecule has 9 aromatic carbocycles. The van der Waals surface area contributed by atoms with Crippen LogP contribution in [-0.2, 0) is 5.41 Å². The molecule has 11 rings (SSSR count). The summed E-state index contributed by atoms with van der Waals surface area (Å²) in [7, 11) is 0. The molecule has 0 bridgehead atoms. The van der Waals surface area contributed by atoms with E-state index < -0.39 is 0 Å². The molecule has 0 unspecified atom stereocenters. The fourth-order valence-electron chi connectivity index (χ4n) is 9.29. The predicted molar refractivity (Wildman–Crippen MR) is 248 cm³/mol. The minimum atomic E-state index is -0.0524. The van der Waals surface area contributed by atoms with E-state index in [4.69, 9.17) is 4.42 Å². The van der Waals surface area contributed by atoms with Crippen LogP contribution < -0.4 is 4.90 Å². The van der Waals surface area contributed by atoms with Crippen molar-refractivity contribution in [2.45, 2.75) is 19.3 Å². The van der Waals surface area contributed by atoms with Crippen LogP contribution in [0.5, 0.6) is 0 Å². The molecule has 0 saturated heterocycles. The number of furan rings is 1. The van der Waals surface area contributed by atoms with E-state index >= 15 is 0 Å². The summed E-state index contributed by atoms with van der Waals surface area (Å²) in [5.41, 5.74) is 19.7. The van der Waals surface area contributed by atoms with Crippen LogP contribution in [0.25, 0.3) is 77.6 Å². The largest absolute Gasteiger partial charge is 0.455 e. The lowest BCUT2D eigenvalue weighted by atomic mass is 9.81. The number of anilines is 3. The lowest BCUT2D eigenvalue weighted by Gasteiger charge is -2.27. The normalized spacial score (nSPS) is 12.7. The number of rotatable bonds is 7. The summed E-state index contributed by atoms with van der Waals surface area (Å²) < 4.78 is 6.58. The fraction of sp³-hybridized carbons (Fsp3) is 0.0526. The van der Waals surface area contributed by atoms with Gasteiger partial charge in [0.05, 0.1) is 0 Å². The number of para-hydroxylation sites is 2. The molecular formula is C57H41NO. The first kappa shape index (κ1) is 34.8. The molecule has 10 aromatic rings. The highest BCUT2D eigenvalue weighted by molar-refractivity contribution is 6.10. The smallest absolute Gasteiger partial charge is 0.143 e. The summed E-state index contributed by atoms with van der Waals surface area (Å²) in [5, 5.41) is 2.25. The molecule has 0 aliphatic heterocycles. The van der Waals surface area contributed by atoms with Crippen molar-refractivity contribution in [2.75, 3.05) is 4.90 Å². The van der Waals surface area contributed by atoms with Crippen molar-refractivity contribution in [1.82, 2.24) is 0 Å². The third-order valence-electron chi connectivity index (χ3n) is 12.3. The van der Waals surface area contributed by atoms with E-state index in [1.807, 2.05) is 6.07 Å². The van der Waals surface area contributed by atoms with Crippen LogP contribution in [0.1, 0.15) is 25.0 Å². The molecule has 1 heterocycles. The van der Waals surface area contributed by atoms with E-state index in [0.29, 0.717) is 0 Å². The molecule has 0 N–H and O–H groups in total. The van der Waals surface area contributed by atoms with Crippen molar-refractivity contribution < 1.29 is 4.42 Å². The highest BCUT2D eigenvalue weighted by atomic mass is 16.3. The van der Waals surface area contributed by atoms with Crippen molar-refractivity contribution in [1.29, 1.82) is 0 Å². The second-order valence-corrected chi connectivity index (χ2v) is 16.1. The van der Waals surface area contributed by atoms with Crippen molar-refractivity contribution in [3.8, 4) is 55.6 Å². The second kappa shape index (κ2) is 13.9. The third-order valence-corrected chi connectivity index (χ3v) is 12.3. The van der Waals surface area contributed by atoms with Gasteiger partial charge in [0.15, 0.2) is 0 Å². The summed E-state index contributed by atoms with van der Waals surface area (Å²) in [4.78, 5) is 2.37. The van der Waals surface area contributed by atoms with Gasteiger partial charge in [0.2, 0.25) is 0 Å². The molecule has 1 aliphatic carbocycles. The fourth-order valence-corrected chi connectivity index (χ4v) is 9.29. The van der Waals surface area contributed by atoms with Crippen LogP contribution in [0.2, 0.25) is 0 Å². The first-order chi connectivity index (χ1) is 29.0. The van der Waals surface area contributed by atoms with E-state index in [9.17, 15) is 0 Å². The molecule has 0 atom stereocenters. The average Bonchev–Trinajstić information content (AvgIpc) is 3.79. The van der Waals surface area contributed by atoms with Crippen molar-refractivity contribution in [3.63, 3.8) is 0 Å². The molecule has 59 heavy (non-hydrogen) atoms. The summed E-state index contributed by atoms with van der Waals surface area (Å²) in [6, 6.07) is 76.8. The number of nitrogens with zero attached hydrogens (tertiary/aromatic N) is 1. The van der Waals surface area contributed by atoms with Crippen molar-refractivity contribution in [3.05, 3.63) is 223 Å². The number of fused-ring (bicyclic) bond motifs is 6. The van der Waals surface area contributed by atoms with E-state index in [-0.39, 0.29) is 5.41 Å². The maximum atomic E-state index is 6.58.